The largest absolute Gasteiger partial charge is 0.507 e. The Labute approximate surface area is 96.3 Å². The highest BCUT2D eigenvalue weighted by molar-refractivity contribution is 5.87. The molecule has 0 aliphatic carbocycles. The maximum atomic E-state index is 10.9. The number of aromatic hydroxyl groups is 1. The molecule has 0 saturated heterocycles. The molecule has 6 nitrogen and oxygen atoms in total. The zero-order valence-corrected chi connectivity index (χ0v) is 8.75. The van der Waals surface area contributed by atoms with Crippen LogP contribution in [0.4, 0.5) is 0 Å². The lowest BCUT2D eigenvalue weighted by Gasteiger charge is -1.97. The summed E-state index contributed by atoms with van der Waals surface area (Å²) in [7, 11) is 0. The first-order chi connectivity index (χ1) is 8.13. The van der Waals surface area contributed by atoms with Gasteiger partial charge in [0.05, 0.1) is 12.1 Å². The van der Waals surface area contributed by atoms with Gasteiger partial charge in [-0.2, -0.15) is 0 Å². The third kappa shape index (κ3) is 1.98. The first kappa shape index (κ1) is 11.2. The predicted octanol–water partition coefficient (Wildman–Crippen LogP) is 1.20. The lowest BCUT2D eigenvalue weighted by molar-refractivity contribution is 0.0689. The molecule has 0 aliphatic rings. The van der Waals surface area contributed by atoms with Crippen LogP contribution in [0.5, 0.6) is 5.75 Å². The molecular weight excluding hydrogens is 224 g/mol. The van der Waals surface area contributed by atoms with E-state index < -0.39 is 5.97 Å². The molecule has 2 aromatic rings. The number of aromatic carboxylic acids is 1. The van der Waals surface area contributed by atoms with Crippen LogP contribution >= 0.6 is 0 Å². The highest BCUT2D eigenvalue weighted by Crippen LogP contribution is 2.29. The van der Waals surface area contributed by atoms with Crippen LogP contribution in [0.25, 0.3) is 11.5 Å². The summed E-state index contributed by atoms with van der Waals surface area (Å²) < 4.78 is 5.22. The number of rotatable bonds is 3. The van der Waals surface area contributed by atoms with Gasteiger partial charge in [-0.3, -0.25) is 0 Å². The molecule has 0 radical (unpaired) electrons. The van der Waals surface area contributed by atoms with Crippen molar-refractivity contribution in [1.29, 1.82) is 0 Å². The molecule has 2 rings (SSSR count). The summed E-state index contributed by atoms with van der Waals surface area (Å²) in [4.78, 5) is 14.7. The Hall–Kier alpha value is -2.34. The summed E-state index contributed by atoms with van der Waals surface area (Å²) in [6.45, 7) is -0.0672. The monoisotopic (exact) mass is 234 g/mol. The van der Waals surface area contributed by atoms with E-state index in [2.05, 4.69) is 4.98 Å². The van der Waals surface area contributed by atoms with Crippen molar-refractivity contribution in [3.63, 3.8) is 0 Å². The summed E-state index contributed by atoms with van der Waals surface area (Å²) in [5, 5.41) is 18.5. The third-order valence-corrected chi connectivity index (χ3v) is 2.22. The number of aromatic nitrogens is 1. The van der Waals surface area contributed by atoms with Gasteiger partial charge in [0.15, 0.2) is 11.5 Å². The van der Waals surface area contributed by atoms with Crippen LogP contribution in [0.1, 0.15) is 16.2 Å². The van der Waals surface area contributed by atoms with E-state index in [-0.39, 0.29) is 29.6 Å². The van der Waals surface area contributed by atoms with Crippen molar-refractivity contribution in [2.75, 3.05) is 0 Å². The first-order valence-electron chi connectivity index (χ1n) is 4.85. The Morgan fingerprint density at radius 3 is 2.65 bits per heavy atom. The molecule has 0 fully saturated rings. The molecular formula is C11H10N2O4. The van der Waals surface area contributed by atoms with Gasteiger partial charge in [-0.1, -0.05) is 12.1 Å². The molecule has 0 saturated carbocycles. The maximum Gasteiger partial charge on any atom is 0.358 e. The second kappa shape index (κ2) is 4.26. The second-order valence-electron chi connectivity index (χ2n) is 3.32. The zero-order valence-electron chi connectivity index (χ0n) is 8.75. The molecule has 0 aliphatic heterocycles. The molecule has 0 unspecified atom stereocenters. The molecule has 6 heteroatoms. The van der Waals surface area contributed by atoms with Crippen molar-refractivity contribution in [3.8, 4) is 17.2 Å². The fourth-order valence-corrected chi connectivity index (χ4v) is 1.43. The number of phenols is 1. The quantitative estimate of drug-likeness (QED) is 0.736. The van der Waals surface area contributed by atoms with Crippen LogP contribution in [0.15, 0.2) is 28.7 Å². The van der Waals surface area contributed by atoms with E-state index in [1.165, 1.54) is 6.07 Å². The fourth-order valence-electron chi connectivity index (χ4n) is 1.43. The number of carboxylic acid groups (broad SMARTS) is 1. The molecule has 17 heavy (non-hydrogen) atoms. The normalized spacial score (nSPS) is 10.4. The Kier molecular flexibility index (Phi) is 2.80. The lowest BCUT2D eigenvalue weighted by Crippen LogP contribution is -2.04. The highest BCUT2D eigenvalue weighted by Gasteiger charge is 2.20. The van der Waals surface area contributed by atoms with Gasteiger partial charge in [-0.25, -0.2) is 9.78 Å². The van der Waals surface area contributed by atoms with Gasteiger partial charge in [-0.15, -0.1) is 0 Å². The van der Waals surface area contributed by atoms with E-state index >= 15 is 0 Å². The van der Waals surface area contributed by atoms with Gasteiger partial charge >= 0.3 is 5.97 Å². The zero-order chi connectivity index (χ0) is 12.4. The molecule has 0 atom stereocenters. The number of para-hydroxylation sites is 1. The summed E-state index contributed by atoms with van der Waals surface area (Å²) in [6, 6.07) is 6.36. The lowest BCUT2D eigenvalue weighted by atomic mass is 10.2. The average molecular weight is 234 g/mol. The average Bonchev–Trinajstić information content (AvgIpc) is 2.73. The van der Waals surface area contributed by atoms with Gasteiger partial charge in [0.2, 0.25) is 5.89 Å². The van der Waals surface area contributed by atoms with E-state index in [1.54, 1.807) is 18.2 Å². The van der Waals surface area contributed by atoms with Crippen LogP contribution in [-0.4, -0.2) is 21.2 Å². The molecule has 88 valence electrons. The van der Waals surface area contributed by atoms with E-state index in [1.807, 2.05) is 0 Å². The van der Waals surface area contributed by atoms with Crippen LogP contribution in [-0.2, 0) is 6.54 Å². The molecule has 0 amide bonds. The topological polar surface area (TPSA) is 110 Å². The standard InChI is InChI=1S/C11H10N2O4/c12-5-8-9(11(15)16)13-10(17-8)6-3-1-2-4-7(6)14/h1-4,14H,5,12H2,(H,15,16). The summed E-state index contributed by atoms with van der Waals surface area (Å²) >= 11 is 0. The van der Waals surface area contributed by atoms with Gasteiger partial charge in [0.1, 0.15) is 5.75 Å². The SMILES string of the molecule is NCc1oc(-c2ccccc2O)nc1C(=O)O. The minimum Gasteiger partial charge on any atom is -0.507 e. The van der Waals surface area contributed by atoms with Gasteiger partial charge in [0, 0.05) is 0 Å². The third-order valence-electron chi connectivity index (χ3n) is 2.22. The van der Waals surface area contributed by atoms with Gasteiger partial charge in [0.25, 0.3) is 0 Å². The highest BCUT2D eigenvalue weighted by atomic mass is 16.4. The van der Waals surface area contributed by atoms with E-state index in [9.17, 15) is 9.90 Å². The predicted molar refractivity (Wildman–Crippen MR) is 58.5 cm³/mol. The van der Waals surface area contributed by atoms with Crippen molar-refractivity contribution in [1.82, 2.24) is 4.98 Å². The Bertz CT molecular complexity index is 562. The van der Waals surface area contributed by atoms with Crippen molar-refractivity contribution in [2.24, 2.45) is 5.73 Å². The maximum absolute atomic E-state index is 10.9. The number of carbonyl (C=O) groups is 1. The van der Waals surface area contributed by atoms with Crippen LogP contribution in [0.3, 0.4) is 0 Å². The van der Waals surface area contributed by atoms with Crippen molar-refractivity contribution in [2.45, 2.75) is 6.54 Å². The number of benzene rings is 1. The molecule has 1 aromatic heterocycles. The number of nitrogens with zero attached hydrogens (tertiary/aromatic N) is 1. The molecule has 1 heterocycles. The van der Waals surface area contributed by atoms with Crippen molar-refractivity contribution in [3.05, 3.63) is 35.7 Å². The van der Waals surface area contributed by atoms with Gasteiger partial charge < -0.3 is 20.4 Å². The number of carboxylic acids is 1. The summed E-state index contributed by atoms with van der Waals surface area (Å²) in [6.07, 6.45) is 0. The van der Waals surface area contributed by atoms with Crippen molar-refractivity contribution >= 4 is 5.97 Å². The summed E-state index contributed by atoms with van der Waals surface area (Å²) in [5.74, 6) is -1.12. The van der Waals surface area contributed by atoms with Crippen LogP contribution < -0.4 is 5.73 Å². The Morgan fingerprint density at radius 2 is 2.12 bits per heavy atom. The van der Waals surface area contributed by atoms with Crippen LogP contribution in [0, 0.1) is 0 Å². The fraction of sp³-hybridized carbons (Fsp3) is 0.0909. The molecule has 1 aromatic carbocycles. The minimum atomic E-state index is -1.21. The van der Waals surface area contributed by atoms with E-state index in [0.717, 1.165) is 0 Å². The molecule has 0 bridgehead atoms. The second-order valence-corrected chi connectivity index (χ2v) is 3.32. The number of phenolic OH excluding ortho intramolecular Hbond substituents is 1. The number of nitrogens with two attached hydrogens (primary N) is 1. The number of hydrogen-bond donors (Lipinski definition) is 3. The number of hydrogen-bond acceptors (Lipinski definition) is 5. The molecule has 0 spiro atoms. The Balaban J connectivity index is 2.54. The van der Waals surface area contributed by atoms with Crippen LogP contribution in [0.2, 0.25) is 0 Å². The summed E-state index contributed by atoms with van der Waals surface area (Å²) in [5.41, 5.74) is 5.46. The van der Waals surface area contributed by atoms with E-state index in [4.69, 9.17) is 15.3 Å². The van der Waals surface area contributed by atoms with Gasteiger partial charge in [-0.05, 0) is 12.1 Å². The number of oxazole rings is 1. The minimum absolute atomic E-state index is 0.0331. The Morgan fingerprint density at radius 1 is 1.41 bits per heavy atom. The van der Waals surface area contributed by atoms with E-state index in [0.29, 0.717) is 5.56 Å². The first-order valence-corrected chi connectivity index (χ1v) is 4.85. The molecule has 4 N–H and O–H groups in total. The van der Waals surface area contributed by atoms with Crippen molar-refractivity contribution < 1.29 is 19.4 Å². The smallest absolute Gasteiger partial charge is 0.358 e.